The summed E-state index contributed by atoms with van der Waals surface area (Å²) in [6.07, 6.45) is 0.713. The smallest absolute Gasteiger partial charge is 0.258 e. The van der Waals surface area contributed by atoms with Gasteiger partial charge in [-0.3, -0.25) is 9.59 Å². The molecule has 1 unspecified atom stereocenters. The molecule has 0 aliphatic rings. The first-order valence-electron chi connectivity index (χ1n) is 8.12. The lowest BCUT2D eigenvalue weighted by atomic mass is 10.0. The predicted octanol–water partition coefficient (Wildman–Crippen LogP) is 3.91. The van der Waals surface area contributed by atoms with Crippen LogP contribution in [0.2, 0.25) is 0 Å². The van der Waals surface area contributed by atoms with Gasteiger partial charge in [0, 0.05) is 0 Å². The van der Waals surface area contributed by atoms with Crippen LogP contribution in [-0.4, -0.2) is 18.8 Å². The van der Waals surface area contributed by atoms with Crippen molar-refractivity contribution in [3.8, 4) is 5.75 Å². The molecule has 0 spiro atoms. The van der Waals surface area contributed by atoms with Crippen LogP contribution in [0.1, 0.15) is 28.9 Å². The number of para-hydroxylation sites is 1. The lowest BCUT2D eigenvalue weighted by Gasteiger charge is -2.16. The number of fused-ring (bicyclic) bond motifs is 1. The SMILES string of the molecule is CC(NC(=O)COc1ccccc1C=O)c1ccc2ccccc2c1. The zero-order chi connectivity index (χ0) is 17.6. The number of benzene rings is 3. The summed E-state index contributed by atoms with van der Waals surface area (Å²) < 4.78 is 5.45. The highest BCUT2D eigenvalue weighted by atomic mass is 16.5. The molecule has 0 fully saturated rings. The first kappa shape index (κ1) is 16.7. The second kappa shape index (κ2) is 7.62. The molecule has 1 N–H and O–H groups in total. The molecule has 0 saturated heterocycles. The standard InChI is InChI=1S/C21H19NO3/c1-15(17-11-10-16-6-2-3-7-18(16)12-17)22-21(24)14-25-20-9-5-4-8-19(20)13-23/h2-13,15H,14H2,1H3,(H,22,24). The fourth-order valence-corrected chi connectivity index (χ4v) is 2.70. The van der Waals surface area contributed by atoms with E-state index in [0.29, 0.717) is 17.6 Å². The molecule has 0 heterocycles. The molecule has 0 saturated carbocycles. The lowest BCUT2D eigenvalue weighted by Crippen LogP contribution is -2.31. The summed E-state index contributed by atoms with van der Waals surface area (Å²) in [7, 11) is 0. The average molecular weight is 333 g/mol. The van der Waals surface area contributed by atoms with E-state index in [-0.39, 0.29) is 18.6 Å². The van der Waals surface area contributed by atoms with Crippen LogP contribution in [-0.2, 0) is 4.79 Å². The van der Waals surface area contributed by atoms with Gasteiger partial charge < -0.3 is 10.1 Å². The normalized spacial score (nSPS) is 11.7. The van der Waals surface area contributed by atoms with Crippen molar-refractivity contribution in [1.29, 1.82) is 0 Å². The summed E-state index contributed by atoms with van der Waals surface area (Å²) in [5.41, 5.74) is 1.46. The molecule has 1 amide bonds. The van der Waals surface area contributed by atoms with Crippen LogP contribution in [0, 0.1) is 0 Å². The van der Waals surface area contributed by atoms with Crippen LogP contribution in [0.25, 0.3) is 10.8 Å². The van der Waals surface area contributed by atoms with E-state index in [1.54, 1.807) is 24.3 Å². The lowest BCUT2D eigenvalue weighted by molar-refractivity contribution is -0.123. The van der Waals surface area contributed by atoms with Gasteiger partial charge in [-0.2, -0.15) is 0 Å². The van der Waals surface area contributed by atoms with E-state index in [1.807, 2.05) is 37.3 Å². The molecule has 1 atom stereocenters. The van der Waals surface area contributed by atoms with Crippen LogP contribution in [0.4, 0.5) is 0 Å². The van der Waals surface area contributed by atoms with E-state index in [2.05, 4.69) is 17.4 Å². The summed E-state index contributed by atoms with van der Waals surface area (Å²) in [5, 5.41) is 5.22. The maximum atomic E-state index is 12.1. The van der Waals surface area contributed by atoms with Crippen molar-refractivity contribution in [1.82, 2.24) is 5.32 Å². The van der Waals surface area contributed by atoms with Gasteiger partial charge in [0.05, 0.1) is 11.6 Å². The molecule has 0 aliphatic carbocycles. The molecule has 4 heteroatoms. The van der Waals surface area contributed by atoms with E-state index in [1.165, 1.54) is 5.39 Å². The van der Waals surface area contributed by atoms with Crippen LogP contribution in [0.5, 0.6) is 5.75 Å². The van der Waals surface area contributed by atoms with Crippen molar-refractivity contribution in [2.45, 2.75) is 13.0 Å². The number of aldehydes is 1. The Kier molecular flexibility index (Phi) is 5.09. The number of carbonyl (C=O) groups is 2. The maximum Gasteiger partial charge on any atom is 0.258 e. The Morgan fingerprint density at radius 1 is 1.04 bits per heavy atom. The number of rotatable bonds is 6. The third kappa shape index (κ3) is 4.04. The Balaban J connectivity index is 1.62. The molecule has 3 aromatic rings. The first-order chi connectivity index (χ1) is 12.2. The third-order valence-electron chi connectivity index (χ3n) is 4.06. The van der Waals surface area contributed by atoms with Gasteiger partial charge in [0.15, 0.2) is 12.9 Å². The van der Waals surface area contributed by atoms with Crippen molar-refractivity contribution < 1.29 is 14.3 Å². The second-order valence-electron chi connectivity index (χ2n) is 5.84. The number of ether oxygens (including phenoxy) is 1. The van der Waals surface area contributed by atoms with Crippen LogP contribution < -0.4 is 10.1 Å². The van der Waals surface area contributed by atoms with E-state index in [4.69, 9.17) is 4.74 Å². The average Bonchev–Trinajstić information content (AvgIpc) is 2.66. The monoisotopic (exact) mass is 333 g/mol. The first-order valence-corrected chi connectivity index (χ1v) is 8.12. The van der Waals surface area contributed by atoms with Crippen molar-refractivity contribution in [3.63, 3.8) is 0 Å². The fourth-order valence-electron chi connectivity index (χ4n) is 2.70. The Labute approximate surface area is 146 Å². The van der Waals surface area contributed by atoms with Crippen molar-refractivity contribution in [2.75, 3.05) is 6.61 Å². The van der Waals surface area contributed by atoms with Crippen LogP contribution in [0.15, 0.2) is 66.7 Å². The Hall–Kier alpha value is -3.14. The zero-order valence-electron chi connectivity index (χ0n) is 13.9. The van der Waals surface area contributed by atoms with Crippen LogP contribution in [0.3, 0.4) is 0 Å². The van der Waals surface area contributed by atoms with E-state index < -0.39 is 0 Å². The zero-order valence-corrected chi connectivity index (χ0v) is 13.9. The Morgan fingerprint density at radius 3 is 2.56 bits per heavy atom. The third-order valence-corrected chi connectivity index (χ3v) is 4.06. The predicted molar refractivity (Wildman–Crippen MR) is 97.8 cm³/mol. The highest BCUT2D eigenvalue weighted by molar-refractivity contribution is 5.84. The number of amides is 1. The van der Waals surface area contributed by atoms with Gasteiger partial charge in [0.25, 0.3) is 5.91 Å². The summed E-state index contributed by atoms with van der Waals surface area (Å²) in [6.45, 7) is 1.80. The number of hydrogen-bond donors (Lipinski definition) is 1. The molecule has 3 rings (SSSR count). The van der Waals surface area contributed by atoms with Gasteiger partial charge in [0.2, 0.25) is 0 Å². The van der Waals surface area contributed by atoms with Crippen LogP contribution >= 0.6 is 0 Å². The van der Waals surface area contributed by atoms with Gasteiger partial charge in [-0.05, 0) is 41.5 Å². The van der Waals surface area contributed by atoms with Crippen molar-refractivity contribution in [2.24, 2.45) is 0 Å². The van der Waals surface area contributed by atoms with Gasteiger partial charge >= 0.3 is 0 Å². The number of carbonyl (C=O) groups excluding carboxylic acids is 2. The van der Waals surface area contributed by atoms with E-state index in [9.17, 15) is 9.59 Å². The van der Waals surface area contributed by atoms with Gasteiger partial charge in [0.1, 0.15) is 5.75 Å². The fraction of sp³-hybridized carbons (Fsp3) is 0.143. The van der Waals surface area contributed by atoms with Crippen molar-refractivity contribution in [3.05, 3.63) is 77.9 Å². The minimum absolute atomic E-state index is 0.136. The van der Waals surface area contributed by atoms with Crippen molar-refractivity contribution >= 4 is 23.0 Å². The molecule has 126 valence electrons. The quantitative estimate of drug-likeness (QED) is 0.696. The molecule has 4 nitrogen and oxygen atoms in total. The minimum Gasteiger partial charge on any atom is -0.483 e. The molecule has 0 radical (unpaired) electrons. The largest absolute Gasteiger partial charge is 0.483 e. The molecular formula is C21H19NO3. The molecule has 25 heavy (non-hydrogen) atoms. The Bertz CT molecular complexity index is 904. The number of hydrogen-bond acceptors (Lipinski definition) is 3. The van der Waals surface area contributed by atoms with Gasteiger partial charge in [-0.15, -0.1) is 0 Å². The Morgan fingerprint density at radius 2 is 1.76 bits per heavy atom. The summed E-state index contributed by atoms with van der Waals surface area (Å²) in [4.78, 5) is 23.1. The highest BCUT2D eigenvalue weighted by Gasteiger charge is 2.11. The van der Waals surface area contributed by atoms with Gasteiger partial charge in [-0.1, -0.05) is 48.5 Å². The maximum absolute atomic E-state index is 12.1. The number of nitrogens with one attached hydrogen (secondary N) is 1. The topological polar surface area (TPSA) is 55.4 Å². The second-order valence-corrected chi connectivity index (χ2v) is 5.84. The molecule has 0 aliphatic heterocycles. The minimum atomic E-state index is -0.235. The molecule has 0 bridgehead atoms. The highest BCUT2D eigenvalue weighted by Crippen LogP contribution is 2.20. The summed E-state index contributed by atoms with van der Waals surface area (Å²) >= 11 is 0. The van der Waals surface area contributed by atoms with Gasteiger partial charge in [-0.25, -0.2) is 0 Å². The molecular weight excluding hydrogens is 314 g/mol. The molecule has 3 aromatic carbocycles. The summed E-state index contributed by atoms with van der Waals surface area (Å²) in [6, 6.07) is 20.9. The summed E-state index contributed by atoms with van der Waals surface area (Å²) in [5.74, 6) is 0.173. The van der Waals surface area contributed by atoms with E-state index >= 15 is 0 Å². The van der Waals surface area contributed by atoms with E-state index in [0.717, 1.165) is 10.9 Å². The molecule has 0 aromatic heterocycles.